The molecule has 2 heterocycles. The summed E-state index contributed by atoms with van der Waals surface area (Å²) in [5.74, 6) is 0. The summed E-state index contributed by atoms with van der Waals surface area (Å²) in [5, 5.41) is 10.3. The van der Waals surface area contributed by atoms with Crippen LogP contribution in [0, 0.1) is 0 Å². The van der Waals surface area contributed by atoms with Gasteiger partial charge in [-0.25, -0.2) is 28.1 Å². The first kappa shape index (κ1) is 19.1. The molecule has 0 saturated carbocycles. The summed E-state index contributed by atoms with van der Waals surface area (Å²) in [6.45, 7) is 9.67. The van der Waals surface area contributed by atoms with Crippen LogP contribution in [-0.2, 0) is 24.4 Å². The number of β-amino-alcohol motifs (C(OH)–C–C–N with tert-alkyl or cyclic N) is 1. The number of aliphatic hydroxyl groups is 1. The second kappa shape index (κ2) is 8.75. The van der Waals surface area contributed by atoms with Crippen molar-refractivity contribution in [2.75, 3.05) is 32.8 Å². The van der Waals surface area contributed by atoms with E-state index in [0.717, 1.165) is 13.7 Å². The molecule has 1 aromatic rings. The minimum atomic E-state index is -0.921. The lowest BCUT2D eigenvalue weighted by Crippen LogP contribution is -2.56. The summed E-state index contributed by atoms with van der Waals surface area (Å²) in [4.78, 5) is 39.2. The second-order valence-electron chi connectivity index (χ2n) is 5.82. The third kappa shape index (κ3) is 4.44. The molecule has 9 heteroatoms. The Hall–Kier alpha value is -2.23. The van der Waals surface area contributed by atoms with Crippen LogP contribution in [0.25, 0.3) is 0 Å². The van der Waals surface area contributed by atoms with Crippen LogP contribution in [-0.4, -0.2) is 62.7 Å². The molecule has 1 saturated heterocycles. The SMILES string of the molecule is C=CCn1c(=O)n(CC=C)c(=O)n(CC(O)CN2CCOCC2)c1=O. The molecular formula is C16H24N4O5. The zero-order valence-corrected chi connectivity index (χ0v) is 14.2. The van der Waals surface area contributed by atoms with Crippen LogP contribution >= 0.6 is 0 Å². The Kier molecular flexibility index (Phi) is 6.68. The Balaban J connectivity index is 2.33. The average Bonchev–Trinajstić information content (AvgIpc) is 2.60. The minimum absolute atomic E-state index is 0.0192. The van der Waals surface area contributed by atoms with Crippen molar-refractivity contribution in [2.45, 2.75) is 25.7 Å². The number of hydrogen-bond donors (Lipinski definition) is 1. The molecule has 0 aromatic carbocycles. The molecule has 1 aliphatic heterocycles. The fourth-order valence-electron chi connectivity index (χ4n) is 2.76. The topological polar surface area (TPSA) is 98.7 Å². The molecule has 1 N–H and O–H groups in total. The van der Waals surface area contributed by atoms with E-state index in [9.17, 15) is 19.5 Å². The van der Waals surface area contributed by atoms with E-state index in [1.807, 2.05) is 4.90 Å². The quantitative estimate of drug-likeness (QED) is 0.557. The molecule has 0 amide bonds. The first-order valence-electron chi connectivity index (χ1n) is 8.14. The number of morpholine rings is 1. The Labute approximate surface area is 144 Å². The fourth-order valence-corrected chi connectivity index (χ4v) is 2.76. The molecule has 0 spiro atoms. The number of nitrogens with zero attached hydrogens (tertiary/aromatic N) is 4. The van der Waals surface area contributed by atoms with Gasteiger partial charge in [-0.05, 0) is 0 Å². The molecule has 1 aliphatic rings. The van der Waals surface area contributed by atoms with Gasteiger partial charge in [0.15, 0.2) is 0 Å². The number of ether oxygens (including phenoxy) is 1. The van der Waals surface area contributed by atoms with Crippen molar-refractivity contribution in [3.05, 3.63) is 56.8 Å². The summed E-state index contributed by atoms with van der Waals surface area (Å²) < 4.78 is 7.97. The zero-order valence-electron chi connectivity index (χ0n) is 14.2. The van der Waals surface area contributed by atoms with Crippen LogP contribution in [0.4, 0.5) is 0 Å². The molecule has 0 radical (unpaired) electrons. The largest absolute Gasteiger partial charge is 0.390 e. The molecule has 0 bridgehead atoms. The third-order valence-electron chi connectivity index (χ3n) is 3.97. The normalized spacial score (nSPS) is 16.5. The van der Waals surface area contributed by atoms with Crippen molar-refractivity contribution >= 4 is 0 Å². The van der Waals surface area contributed by atoms with E-state index in [0.29, 0.717) is 32.8 Å². The number of aromatic nitrogens is 3. The standard InChI is InChI=1S/C16H24N4O5/c1-3-5-18-14(22)19(6-4-2)16(24)20(15(18)23)12-13(21)11-17-7-9-25-10-8-17/h3-4,13,21H,1-2,5-12H2. The van der Waals surface area contributed by atoms with Crippen molar-refractivity contribution in [3.63, 3.8) is 0 Å². The number of allylic oxidation sites excluding steroid dienone is 2. The highest BCUT2D eigenvalue weighted by molar-refractivity contribution is 4.85. The van der Waals surface area contributed by atoms with Gasteiger partial charge in [0, 0.05) is 19.6 Å². The Morgan fingerprint density at radius 1 is 0.920 bits per heavy atom. The summed E-state index contributed by atoms with van der Waals surface area (Å²) >= 11 is 0. The van der Waals surface area contributed by atoms with Crippen LogP contribution in [0.5, 0.6) is 0 Å². The van der Waals surface area contributed by atoms with Crippen LogP contribution in [0.3, 0.4) is 0 Å². The summed E-state index contributed by atoms with van der Waals surface area (Å²) in [5.41, 5.74) is -2.22. The molecule has 2 rings (SSSR count). The Morgan fingerprint density at radius 3 is 1.88 bits per heavy atom. The Bertz CT molecular complexity index is 737. The van der Waals surface area contributed by atoms with Crippen LogP contribution in [0.1, 0.15) is 0 Å². The molecular weight excluding hydrogens is 328 g/mol. The monoisotopic (exact) mass is 352 g/mol. The van der Waals surface area contributed by atoms with Crippen LogP contribution in [0.15, 0.2) is 39.7 Å². The smallest absolute Gasteiger partial charge is 0.336 e. The predicted molar refractivity (Wildman–Crippen MR) is 92.9 cm³/mol. The minimum Gasteiger partial charge on any atom is -0.390 e. The van der Waals surface area contributed by atoms with Gasteiger partial charge in [0.1, 0.15) is 0 Å². The lowest BCUT2D eigenvalue weighted by molar-refractivity contribution is 0.0108. The number of hydrogen-bond acceptors (Lipinski definition) is 6. The van der Waals surface area contributed by atoms with Crippen molar-refractivity contribution < 1.29 is 9.84 Å². The van der Waals surface area contributed by atoms with Gasteiger partial charge in [0.05, 0.1) is 39.0 Å². The summed E-state index contributed by atoms with van der Waals surface area (Å²) in [6, 6.07) is 0. The van der Waals surface area contributed by atoms with Crippen LogP contribution in [0.2, 0.25) is 0 Å². The molecule has 1 aromatic heterocycles. The molecule has 1 fully saturated rings. The van der Waals surface area contributed by atoms with E-state index in [1.165, 1.54) is 12.2 Å². The molecule has 9 nitrogen and oxygen atoms in total. The van der Waals surface area contributed by atoms with Gasteiger partial charge in [0.25, 0.3) is 0 Å². The average molecular weight is 352 g/mol. The van der Waals surface area contributed by atoms with Gasteiger partial charge >= 0.3 is 17.1 Å². The summed E-state index contributed by atoms with van der Waals surface area (Å²) in [6.07, 6.45) is 1.88. The third-order valence-corrected chi connectivity index (χ3v) is 3.97. The van der Waals surface area contributed by atoms with Crippen molar-refractivity contribution in [3.8, 4) is 0 Å². The van der Waals surface area contributed by atoms with E-state index < -0.39 is 23.2 Å². The lowest BCUT2D eigenvalue weighted by Gasteiger charge is -2.28. The fraction of sp³-hybridized carbons (Fsp3) is 0.562. The van der Waals surface area contributed by atoms with Crippen LogP contribution < -0.4 is 17.1 Å². The lowest BCUT2D eigenvalue weighted by atomic mass is 10.3. The maximum Gasteiger partial charge on any atom is 0.336 e. The Morgan fingerprint density at radius 2 is 1.40 bits per heavy atom. The maximum atomic E-state index is 12.5. The van der Waals surface area contributed by atoms with E-state index in [1.54, 1.807) is 0 Å². The van der Waals surface area contributed by atoms with Crippen molar-refractivity contribution in [1.82, 2.24) is 18.6 Å². The first-order valence-corrected chi connectivity index (χ1v) is 8.14. The second-order valence-corrected chi connectivity index (χ2v) is 5.82. The highest BCUT2D eigenvalue weighted by Crippen LogP contribution is 1.99. The van der Waals surface area contributed by atoms with Crippen molar-refractivity contribution in [1.29, 1.82) is 0 Å². The van der Waals surface area contributed by atoms with Gasteiger partial charge in [-0.15, -0.1) is 13.2 Å². The molecule has 25 heavy (non-hydrogen) atoms. The predicted octanol–water partition coefficient (Wildman–Crippen LogP) is -1.76. The number of aliphatic hydroxyl groups excluding tert-OH is 1. The molecule has 1 unspecified atom stereocenters. The maximum absolute atomic E-state index is 12.5. The van der Waals surface area contributed by atoms with Gasteiger partial charge in [-0.1, -0.05) is 12.2 Å². The zero-order chi connectivity index (χ0) is 18.4. The van der Waals surface area contributed by atoms with E-state index in [2.05, 4.69) is 13.2 Å². The van der Waals surface area contributed by atoms with E-state index in [4.69, 9.17) is 4.74 Å². The molecule has 1 atom stereocenters. The number of rotatable bonds is 8. The first-order chi connectivity index (χ1) is 12.0. The van der Waals surface area contributed by atoms with Crippen molar-refractivity contribution in [2.24, 2.45) is 0 Å². The van der Waals surface area contributed by atoms with Gasteiger partial charge in [-0.2, -0.15) is 0 Å². The molecule has 138 valence electrons. The highest BCUT2D eigenvalue weighted by atomic mass is 16.5. The van der Waals surface area contributed by atoms with Gasteiger partial charge < -0.3 is 9.84 Å². The summed E-state index contributed by atoms with van der Waals surface area (Å²) in [7, 11) is 0. The van der Waals surface area contributed by atoms with E-state index >= 15 is 0 Å². The van der Waals surface area contributed by atoms with Gasteiger partial charge in [-0.3, -0.25) is 4.90 Å². The van der Waals surface area contributed by atoms with E-state index in [-0.39, 0.29) is 19.6 Å². The van der Waals surface area contributed by atoms with Gasteiger partial charge in [0.2, 0.25) is 0 Å². The highest BCUT2D eigenvalue weighted by Gasteiger charge is 2.19. The molecule has 0 aliphatic carbocycles.